The Bertz CT molecular complexity index is 538. The van der Waals surface area contributed by atoms with Crippen molar-refractivity contribution in [3.05, 3.63) is 22.1 Å². The highest BCUT2D eigenvalue weighted by Crippen LogP contribution is 2.16. The molecular weight excluding hydrogens is 256 g/mol. The molecular formula is C14H22N4O2. The van der Waals surface area contributed by atoms with Gasteiger partial charge in [0.15, 0.2) is 0 Å². The van der Waals surface area contributed by atoms with Crippen LogP contribution in [0.4, 0.5) is 5.69 Å². The van der Waals surface area contributed by atoms with Gasteiger partial charge in [0.1, 0.15) is 6.54 Å². The smallest absolute Gasteiger partial charge is 0.269 e. The van der Waals surface area contributed by atoms with Crippen LogP contribution in [-0.2, 0) is 17.8 Å². The zero-order valence-corrected chi connectivity index (χ0v) is 12.1. The molecule has 0 bridgehead atoms. The Morgan fingerprint density at radius 1 is 1.60 bits per heavy atom. The number of nitrogens with one attached hydrogen (secondary N) is 2. The number of hydrogen-bond acceptors (Lipinski definition) is 4. The van der Waals surface area contributed by atoms with E-state index in [0.717, 1.165) is 43.6 Å². The molecule has 1 unspecified atom stereocenters. The molecule has 1 aromatic rings. The van der Waals surface area contributed by atoms with Gasteiger partial charge in [0.05, 0.1) is 11.4 Å². The Morgan fingerprint density at radius 2 is 2.40 bits per heavy atom. The maximum atomic E-state index is 11.9. The van der Waals surface area contributed by atoms with Gasteiger partial charge in [0, 0.05) is 18.7 Å². The summed E-state index contributed by atoms with van der Waals surface area (Å²) >= 11 is 0. The number of nitrogens with zero attached hydrogens (tertiary/aromatic N) is 2. The van der Waals surface area contributed by atoms with E-state index >= 15 is 0 Å². The van der Waals surface area contributed by atoms with E-state index in [1.165, 1.54) is 10.7 Å². The van der Waals surface area contributed by atoms with Gasteiger partial charge < -0.3 is 10.6 Å². The van der Waals surface area contributed by atoms with E-state index in [2.05, 4.69) is 22.7 Å². The summed E-state index contributed by atoms with van der Waals surface area (Å²) < 4.78 is 1.25. The lowest BCUT2D eigenvalue weighted by Gasteiger charge is -2.18. The van der Waals surface area contributed by atoms with E-state index in [0.29, 0.717) is 0 Å². The Labute approximate surface area is 118 Å². The van der Waals surface area contributed by atoms with Crippen LogP contribution < -0.4 is 16.2 Å². The van der Waals surface area contributed by atoms with Gasteiger partial charge in [-0.1, -0.05) is 13.3 Å². The third kappa shape index (κ3) is 3.59. The van der Waals surface area contributed by atoms with E-state index in [1.54, 1.807) is 0 Å². The summed E-state index contributed by atoms with van der Waals surface area (Å²) in [6, 6.07) is 1.66. The largest absolute Gasteiger partial charge is 0.383 e. The number of fused-ring (bicyclic) bond motifs is 1. The summed E-state index contributed by atoms with van der Waals surface area (Å²) in [5, 5.41) is 10.3. The van der Waals surface area contributed by atoms with Crippen molar-refractivity contribution in [3.8, 4) is 0 Å². The van der Waals surface area contributed by atoms with Crippen LogP contribution in [0, 0.1) is 0 Å². The molecule has 0 fully saturated rings. The van der Waals surface area contributed by atoms with Crippen LogP contribution in [-0.4, -0.2) is 28.3 Å². The van der Waals surface area contributed by atoms with Crippen LogP contribution >= 0.6 is 0 Å². The van der Waals surface area contributed by atoms with E-state index in [1.807, 2.05) is 6.92 Å². The molecule has 0 aromatic carbocycles. The molecule has 0 radical (unpaired) electrons. The maximum Gasteiger partial charge on any atom is 0.269 e. The molecule has 1 atom stereocenters. The predicted molar refractivity (Wildman–Crippen MR) is 77.8 cm³/mol. The van der Waals surface area contributed by atoms with E-state index in [-0.39, 0.29) is 24.1 Å². The van der Waals surface area contributed by atoms with Crippen molar-refractivity contribution >= 4 is 11.6 Å². The number of amides is 1. The fourth-order valence-corrected chi connectivity index (χ4v) is 2.42. The van der Waals surface area contributed by atoms with E-state index in [4.69, 9.17) is 0 Å². The molecule has 2 heterocycles. The highest BCUT2D eigenvalue weighted by molar-refractivity contribution is 5.75. The minimum atomic E-state index is -0.239. The van der Waals surface area contributed by atoms with Gasteiger partial charge in [-0.25, -0.2) is 4.68 Å². The number of aryl methyl sites for hydroxylation is 1. The highest BCUT2D eigenvalue weighted by Gasteiger charge is 2.14. The van der Waals surface area contributed by atoms with Crippen molar-refractivity contribution in [2.24, 2.45) is 0 Å². The van der Waals surface area contributed by atoms with Crippen molar-refractivity contribution in [2.45, 2.75) is 52.1 Å². The first-order chi connectivity index (χ1) is 9.60. The van der Waals surface area contributed by atoms with Gasteiger partial charge in [-0.15, -0.1) is 0 Å². The number of carbonyl (C=O) groups is 1. The fourth-order valence-electron chi connectivity index (χ4n) is 2.42. The quantitative estimate of drug-likeness (QED) is 0.839. The van der Waals surface area contributed by atoms with Gasteiger partial charge in [0.2, 0.25) is 5.91 Å². The van der Waals surface area contributed by atoms with Crippen LogP contribution in [0.15, 0.2) is 10.9 Å². The lowest BCUT2D eigenvalue weighted by atomic mass is 10.1. The lowest BCUT2D eigenvalue weighted by molar-refractivity contribution is -0.122. The van der Waals surface area contributed by atoms with Gasteiger partial charge in [-0.2, -0.15) is 5.10 Å². The van der Waals surface area contributed by atoms with Crippen LogP contribution in [0.3, 0.4) is 0 Å². The first-order valence-corrected chi connectivity index (χ1v) is 7.24. The lowest BCUT2D eigenvalue weighted by Crippen LogP contribution is -2.38. The molecule has 0 aliphatic carbocycles. The summed E-state index contributed by atoms with van der Waals surface area (Å²) in [5.41, 5.74) is 1.43. The molecule has 1 amide bonds. The van der Waals surface area contributed by atoms with Crippen LogP contribution in [0.1, 0.15) is 38.8 Å². The number of rotatable bonds is 5. The maximum absolute atomic E-state index is 11.9. The Kier molecular flexibility index (Phi) is 4.76. The third-order valence-corrected chi connectivity index (χ3v) is 3.40. The van der Waals surface area contributed by atoms with Crippen LogP contribution in [0.5, 0.6) is 0 Å². The summed E-state index contributed by atoms with van der Waals surface area (Å²) in [6.45, 7) is 4.90. The van der Waals surface area contributed by atoms with Crippen molar-refractivity contribution < 1.29 is 4.79 Å². The van der Waals surface area contributed by atoms with E-state index in [9.17, 15) is 9.59 Å². The third-order valence-electron chi connectivity index (χ3n) is 3.40. The first kappa shape index (κ1) is 14.6. The zero-order valence-electron chi connectivity index (χ0n) is 12.1. The summed E-state index contributed by atoms with van der Waals surface area (Å²) in [7, 11) is 0. The average molecular weight is 278 g/mol. The second-order valence-corrected chi connectivity index (χ2v) is 5.29. The molecule has 2 N–H and O–H groups in total. The molecule has 110 valence electrons. The molecule has 0 spiro atoms. The topological polar surface area (TPSA) is 76.0 Å². The second-order valence-electron chi connectivity index (χ2n) is 5.29. The zero-order chi connectivity index (χ0) is 14.5. The summed E-state index contributed by atoms with van der Waals surface area (Å²) in [6.07, 6.45) is 3.79. The molecule has 6 nitrogen and oxygen atoms in total. The Balaban J connectivity index is 2.06. The van der Waals surface area contributed by atoms with Gasteiger partial charge >= 0.3 is 0 Å². The van der Waals surface area contributed by atoms with Crippen molar-refractivity contribution in [2.75, 3.05) is 11.9 Å². The number of hydrogen-bond donors (Lipinski definition) is 2. The van der Waals surface area contributed by atoms with E-state index < -0.39 is 0 Å². The van der Waals surface area contributed by atoms with Gasteiger partial charge in [-0.05, 0) is 26.2 Å². The van der Waals surface area contributed by atoms with Crippen molar-refractivity contribution in [1.82, 2.24) is 15.1 Å². The number of aromatic nitrogens is 2. The Hall–Kier alpha value is -1.85. The fraction of sp³-hybridized carbons (Fsp3) is 0.643. The molecule has 1 aliphatic heterocycles. The first-order valence-electron chi connectivity index (χ1n) is 7.24. The highest BCUT2D eigenvalue weighted by atomic mass is 16.2. The standard InChI is InChI=1S/C14H22N4O2/c1-3-5-10(2)16-13(19)9-18-14(20)8-12-11(17-18)6-4-7-15-12/h8,10,15H,3-7,9H2,1-2H3,(H,16,19). The van der Waals surface area contributed by atoms with Crippen LogP contribution in [0.25, 0.3) is 0 Å². The van der Waals surface area contributed by atoms with Gasteiger partial charge in [0.25, 0.3) is 5.56 Å². The average Bonchev–Trinajstić information content (AvgIpc) is 2.39. The monoisotopic (exact) mass is 278 g/mol. The predicted octanol–water partition coefficient (Wildman–Crippen LogP) is 0.906. The summed E-state index contributed by atoms with van der Waals surface area (Å²) in [5.74, 6) is -0.163. The summed E-state index contributed by atoms with van der Waals surface area (Å²) in [4.78, 5) is 23.8. The Morgan fingerprint density at radius 3 is 3.15 bits per heavy atom. The molecule has 2 rings (SSSR count). The number of carbonyl (C=O) groups excluding carboxylic acids is 1. The van der Waals surface area contributed by atoms with Gasteiger partial charge in [-0.3, -0.25) is 9.59 Å². The minimum absolute atomic E-state index is 0.0137. The SMILES string of the molecule is CCCC(C)NC(=O)Cn1nc2c(cc1=O)NCCC2. The molecule has 1 aromatic heterocycles. The van der Waals surface area contributed by atoms with Crippen molar-refractivity contribution in [1.29, 1.82) is 0 Å². The minimum Gasteiger partial charge on any atom is -0.383 e. The molecule has 20 heavy (non-hydrogen) atoms. The van der Waals surface area contributed by atoms with Crippen molar-refractivity contribution in [3.63, 3.8) is 0 Å². The molecule has 6 heteroatoms. The molecule has 1 aliphatic rings. The van der Waals surface area contributed by atoms with Crippen LogP contribution in [0.2, 0.25) is 0 Å². The molecule has 0 saturated carbocycles. The molecule has 0 saturated heterocycles. The number of anilines is 1. The normalized spacial score (nSPS) is 15.1. The second kappa shape index (κ2) is 6.54.